The van der Waals surface area contributed by atoms with Crippen molar-refractivity contribution in [2.75, 3.05) is 5.73 Å². The van der Waals surface area contributed by atoms with Gasteiger partial charge in [0.1, 0.15) is 4.90 Å². The van der Waals surface area contributed by atoms with Crippen molar-refractivity contribution < 1.29 is 8.42 Å². The van der Waals surface area contributed by atoms with Crippen molar-refractivity contribution in [1.82, 2.24) is 4.72 Å². The standard InChI is InChI=1S/C14H24N2O2S/c1-5-7-12(6-2)16-19(17,18)14-9-11(4)10(3)8-13(14)15/h8-9,12,16H,5-7,15H2,1-4H3. The Labute approximate surface area is 116 Å². The molecule has 0 amide bonds. The van der Waals surface area contributed by atoms with Crippen LogP contribution in [0.3, 0.4) is 0 Å². The Bertz CT molecular complexity index is 539. The van der Waals surface area contributed by atoms with Crippen molar-refractivity contribution in [1.29, 1.82) is 0 Å². The fourth-order valence-electron chi connectivity index (χ4n) is 2.02. The van der Waals surface area contributed by atoms with E-state index in [1.807, 2.05) is 27.7 Å². The molecule has 0 saturated carbocycles. The molecule has 1 rings (SSSR count). The zero-order valence-electron chi connectivity index (χ0n) is 12.2. The maximum atomic E-state index is 12.4. The molecule has 0 spiro atoms. The van der Waals surface area contributed by atoms with Gasteiger partial charge in [-0.25, -0.2) is 13.1 Å². The number of hydrogen-bond acceptors (Lipinski definition) is 3. The van der Waals surface area contributed by atoms with E-state index in [-0.39, 0.29) is 10.9 Å². The SMILES string of the molecule is CCCC(CC)NS(=O)(=O)c1cc(C)c(C)cc1N. The van der Waals surface area contributed by atoms with E-state index in [9.17, 15) is 8.42 Å². The first-order valence-corrected chi connectivity index (χ1v) is 8.19. The quantitative estimate of drug-likeness (QED) is 0.789. The van der Waals surface area contributed by atoms with E-state index in [0.29, 0.717) is 5.69 Å². The topological polar surface area (TPSA) is 72.2 Å². The molecule has 0 saturated heterocycles. The third-order valence-corrected chi connectivity index (χ3v) is 4.94. The minimum absolute atomic E-state index is 0.0315. The first-order chi connectivity index (χ1) is 8.81. The molecule has 0 aromatic heterocycles. The van der Waals surface area contributed by atoms with Gasteiger partial charge in [0.2, 0.25) is 10.0 Å². The summed E-state index contributed by atoms with van der Waals surface area (Å²) in [7, 11) is -3.54. The van der Waals surface area contributed by atoms with Gasteiger partial charge in [0.05, 0.1) is 5.69 Å². The first-order valence-electron chi connectivity index (χ1n) is 6.70. The summed E-state index contributed by atoms with van der Waals surface area (Å²) in [6.07, 6.45) is 2.56. The minimum Gasteiger partial charge on any atom is -0.398 e. The largest absolute Gasteiger partial charge is 0.398 e. The van der Waals surface area contributed by atoms with Gasteiger partial charge in [-0.2, -0.15) is 0 Å². The smallest absolute Gasteiger partial charge is 0.242 e. The lowest BCUT2D eigenvalue weighted by molar-refractivity contribution is 0.512. The summed E-state index contributed by atoms with van der Waals surface area (Å²) in [4.78, 5) is 0.185. The maximum Gasteiger partial charge on any atom is 0.242 e. The van der Waals surface area contributed by atoms with E-state index in [1.165, 1.54) is 0 Å². The zero-order valence-corrected chi connectivity index (χ0v) is 13.0. The number of sulfonamides is 1. The van der Waals surface area contributed by atoms with E-state index in [1.54, 1.807) is 12.1 Å². The summed E-state index contributed by atoms with van der Waals surface area (Å²) < 4.78 is 27.5. The third-order valence-electron chi connectivity index (χ3n) is 3.37. The summed E-state index contributed by atoms with van der Waals surface area (Å²) in [5.41, 5.74) is 8.08. The van der Waals surface area contributed by atoms with Gasteiger partial charge in [-0.05, 0) is 49.9 Å². The number of benzene rings is 1. The van der Waals surface area contributed by atoms with Crippen molar-refractivity contribution in [2.24, 2.45) is 0 Å². The van der Waals surface area contributed by atoms with Crippen molar-refractivity contribution >= 4 is 15.7 Å². The molecule has 0 radical (unpaired) electrons. The molecule has 1 aromatic carbocycles. The van der Waals surface area contributed by atoms with Crippen LogP contribution in [0.5, 0.6) is 0 Å². The molecule has 0 aliphatic carbocycles. The first kappa shape index (κ1) is 16.0. The second-order valence-corrected chi connectivity index (χ2v) is 6.67. The fraction of sp³-hybridized carbons (Fsp3) is 0.571. The van der Waals surface area contributed by atoms with Crippen molar-refractivity contribution in [3.8, 4) is 0 Å². The number of hydrogen-bond donors (Lipinski definition) is 2. The fourth-order valence-corrected chi connectivity index (χ4v) is 3.57. The van der Waals surface area contributed by atoms with Gasteiger partial charge >= 0.3 is 0 Å². The van der Waals surface area contributed by atoms with Gasteiger partial charge in [-0.1, -0.05) is 20.3 Å². The van der Waals surface area contributed by atoms with Crippen LogP contribution in [0.25, 0.3) is 0 Å². The molecule has 1 unspecified atom stereocenters. The van der Waals surface area contributed by atoms with Gasteiger partial charge < -0.3 is 5.73 Å². The van der Waals surface area contributed by atoms with Gasteiger partial charge in [-0.15, -0.1) is 0 Å². The number of anilines is 1. The van der Waals surface area contributed by atoms with Crippen LogP contribution in [0.4, 0.5) is 5.69 Å². The lowest BCUT2D eigenvalue weighted by Gasteiger charge is -2.18. The number of aryl methyl sites for hydroxylation is 2. The van der Waals surface area contributed by atoms with Crippen LogP contribution in [0.15, 0.2) is 17.0 Å². The molecule has 3 N–H and O–H groups in total. The average Bonchev–Trinajstić information content (AvgIpc) is 2.32. The number of nitrogens with one attached hydrogen (secondary N) is 1. The zero-order chi connectivity index (χ0) is 14.6. The molecule has 19 heavy (non-hydrogen) atoms. The van der Waals surface area contributed by atoms with Crippen molar-refractivity contribution in [2.45, 2.75) is 57.9 Å². The van der Waals surface area contributed by atoms with Crippen LogP contribution < -0.4 is 10.5 Å². The van der Waals surface area contributed by atoms with E-state index in [0.717, 1.165) is 30.4 Å². The Morgan fingerprint density at radius 1 is 1.21 bits per heavy atom. The van der Waals surface area contributed by atoms with Crippen LogP contribution in [-0.2, 0) is 10.0 Å². The molecule has 4 nitrogen and oxygen atoms in total. The normalized spacial score (nSPS) is 13.5. The van der Waals surface area contributed by atoms with Crippen LogP contribution in [0, 0.1) is 13.8 Å². The summed E-state index contributed by atoms with van der Waals surface area (Å²) >= 11 is 0. The summed E-state index contributed by atoms with van der Waals surface area (Å²) in [6, 6.07) is 3.33. The predicted octanol–water partition coefficient (Wildman–Crippen LogP) is 2.74. The minimum atomic E-state index is -3.54. The summed E-state index contributed by atoms with van der Waals surface area (Å²) in [5, 5.41) is 0. The van der Waals surface area contributed by atoms with E-state index in [4.69, 9.17) is 5.73 Å². The highest BCUT2D eigenvalue weighted by molar-refractivity contribution is 7.89. The monoisotopic (exact) mass is 284 g/mol. The van der Waals surface area contributed by atoms with Crippen molar-refractivity contribution in [3.05, 3.63) is 23.3 Å². The Hall–Kier alpha value is -1.07. The summed E-state index contributed by atoms with van der Waals surface area (Å²) in [5.74, 6) is 0. The van der Waals surface area contributed by atoms with E-state index >= 15 is 0 Å². The number of rotatable bonds is 6. The van der Waals surface area contributed by atoms with Gasteiger partial charge in [0, 0.05) is 6.04 Å². The molecule has 1 aromatic rings. The van der Waals surface area contributed by atoms with Crippen LogP contribution >= 0.6 is 0 Å². The van der Waals surface area contributed by atoms with Crippen LogP contribution in [-0.4, -0.2) is 14.5 Å². The van der Waals surface area contributed by atoms with Gasteiger partial charge in [-0.3, -0.25) is 0 Å². The third kappa shape index (κ3) is 3.94. The highest BCUT2D eigenvalue weighted by Gasteiger charge is 2.21. The molecule has 0 fully saturated rings. The average molecular weight is 284 g/mol. The van der Waals surface area contributed by atoms with Gasteiger partial charge in [0.15, 0.2) is 0 Å². The van der Waals surface area contributed by atoms with Crippen molar-refractivity contribution in [3.63, 3.8) is 0 Å². The highest BCUT2D eigenvalue weighted by Crippen LogP contribution is 2.23. The lowest BCUT2D eigenvalue weighted by atomic mass is 10.1. The van der Waals surface area contributed by atoms with E-state index < -0.39 is 10.0 Å². The molecule has 0 aliphatic rings. The molecule has 108 valence electrons. The number of nitrogens with two attached hydrogens (primary N) is 1. The van der Waals surface area contributed by atoms with Crippen LogP contribution in [0.1, 0.15) is 44.2 Å². The summed E-state index contributed by atoms with van der Waals surface area (Å²) in [6.45, 7) is 7.83. The maximum absolute atomic E-state index is 12.4. The highest BCUT2D eigenvalue weighted by atomic mass is 32.2. The predicted molar refractivity (Wildman–Crippen MR) is 79.6 cm³/mol. The Balaban J connectivity index is 3.10. The Kier molecular flexibility index (Phi) is 5.38. The molecule has 0 bridgehead atoms. The second-order valence-electron chi connectivity index (χ2n) is 4.99. The van der Waals surface area contributed by atoms with Gasteiger partial charge in [0.25, 0.3) is 0 Å². The lowest BCUT2D eigenvalue weighted by Crippen LogP contribution is -2.34. The molecule has 0 aliphatic heterocycles. The Morgan fingerprint density at radius 2 is 1.79 bits per heavy atom. The number of nitrogen functional groups attached to an aromatic ring is 1. The molecular weight excluding hydrogens is 260 g/mol. The molecule has 5 heteroatoms. The molecule has 0 heterocycles. The molecular formula is C14H24N2O2S. The molecule has 1 atom stereocenters. The second kappa shape index (κ2) is 6.39. The van der Waals surface area contributed by atoms with Crippen LogP contribution in [0.2, 0.25) is 0 Å². The van der Waals surface area contributed by atoms with E-state index in [2.05, 4.69) is 4.72 Å². The Morgan fingerprint density at radius 3 is 2.32 bits per heavy atom.